The maximum Gasteiger partial charge on any atom is 0.309 e. The average Bonchev–Trinajstić information content (AvgIpc) is 3.63. The Morgan fingerprint density at radius 3 is 2.64 bits per heavy atom. The molecule has 1 aromatic carbocycles. The van der Waals surface area contributed by atoms with Crippen molar-refractivity contribution in [2.75, 3.05) is 7.11 Å². The fourth-order valence-corrected chi connectivity index (χ4v) is 7.31. The van der Waals surface area contributed by atoms with Crippen molar-refractivity contribution in [1.82, 2.24) is 18.9 Å². The normalized spacial score (nSPS) is 22.1. The number of carbonyl (C=O) groups excluding carboxylic acids is 1. The summed E-state index contributed by atoms with van der Waals surface area (Å²) in [6.45, 7) is 1.87. The molecule has 39 heavy (non-hydrogen) atoms. The fraction of sp³-hybridized carbons (Fsp3) is 0.286. The first-order chi connectivity index (χ1) is 18.7. The van der Waals surface area contributed by atoms with Crippen LogP contribution in [-0.2, 0) is 26.0 Å². The number of aromatic nitrogens is 4. The predicted octanol–water partition coefficient (Wildman–Crippen LogP) is 4.99. The molecule has 3 heterocycles. The fourth-order valence-electron chi connectivity index (χ4n) is 5.83. The highest BCUT2D eigenvalue weighted by atomic mass is 35.5. The van der Waals surface area contributed by atoms with Gasteiger partial charge in [-0.15, -0.1) is 0 Å². The summed E-state index contributed by atoms with van der Waals surface area (Å²) in [5, 5.41) is 0.706. The molecule has 2 aliphatic carbocycles. The van der Waals surface area contributed by atoms with Crippen molar-refractivity contribution in [3.05, 3.63) is 83.2 Å². The summed E-state index contributed by atoms with van der Waals surface area (Å²) in [7, 11) is -2.66. The third-order valence-electron chi connectivity index (χ3n) is 7.74. The lowest BCUT2D eigenvalue weighted by Crippen LogP contribution is -2.30. The van der Waals surface area contributed by atoms with Crippen LogP contribution < -0.4 is 0 Å². The monoisotopic (exact) mass is 566 g/mol. The maximum absolute atomic E-state index is 15.0. The highest BCUT2D eigenvalue weighted by molar-refractivity contribution is 7.90. The number of nitrogens with zero attached hydrogens (tertiary/aromatic N) is 4. The van der Waals surface area contributed by atoms with Crippen molar-refractivity contribution in [3.8, 4) is 11.4 Å². The van der Waals surface area contributed by atoms with Gasteiger partial charge in [0.25, 0.3) is 10.0 Å². The second kappa shape index (κ2) is 9.53. The molecular formula is C28H24ClFN4O4S. The van der Waals surface area contributed by atoms with Crippen molar-refractivity contribution in [2.24, 2.45) is 23.7 Å². The van der Waals surface area contributed by atoms with E-state index in [2.05, 4.69) is 21.0 Å². The van der Waals surface area contributed by atoms with Crippen molar-refractivity contribution >= 4 is 38.6 Å². The molecule has 1 fully saturated rings. The van der Waals surface area contributed by atoms with Crippen LogP contribution in [0.2, 0.25) is 5.02 Å². The Labute approximate surface area is 229 Å². The molecule has 200 valence electrons. The van der Waals surface area contributed by atoms with Crippen LogP contribution in [-0.4, -0.2) is 40.4 Å². The molecule has 0 N–H and O–H groups in total. The van der Waals surface area contributed by atoms with Gasteiger partial charge < -0.3 is 4.74 Å². The van der Waals surface area contributed by atoms with E-state index in [1.165, 1.54) is 31.6 Å². The Bertz CT molecular complexity index is 1750. The van der Waals surface area contributed by atoms with Crippen molar-refractivity contribution in [3.63, 3.8) is 0 Å². The summed E-state index contributed by atoms with van der Waals surface area (Å²) < 4.78 is 48.3. The van der Waals surface area contributed by atoms with E-state index in [9.17, 15) is 13.2 Å². The number of ether oxygens (including phenoxy) is 1. The third-order valence-corrected chi connectivity index (χ3v) is 9.61. The van der Waals surface area contributed by atoms with E-state index in [1.54, 1.807) is 18.2 Å². The molecule has 0 aliphatic heterocycles. The second-order valence-electron chi connectivity index (χ2n) is 10.0. The number of methoxy groups -OCH3 is 1. The van der Waals surface area contributed by atoms with Crippen LogP contribution in [0.15, 0.2) is 66.0 Å². The van der Waals surface area contributed by atoms with Crippen LogP contribution >= 0.6 is 11.6 Å². The van der Waals surface area contributed by atoms with Crippen molar-refractivity contribution in [1.29, 1.82) is 0 Å². The van der Waals surface area contributed by atoms with Crippen LogP contribution in [0.5, 0.6) is 0 Å². The third kappa shape index (κ3) is 4.31. The minimum atomic E-state index is -4.02. The summed E-state index contributed by atoms with van der Waals surface area (Å²) in [6, 6.07) is 8.07. The minimum absolute atomic E-state index is 0.0648. The highest BCUT2D eigenvalue weighted by Crippen LogP contribution is 2.49. The number of esters is 1. The Morgan fingerprint density at radius 1 is 1.15 bits per heavy atom. The number of hydrogen-bond acceptors (Lipinski definition) is 7. The molecule has 6 rings (SSSR count). The molecule has 0 amide bonds. The Kier molecular flexibility index (Phi) is 6.27. The Hall–Kier alpha value is -3.63. The molecule has 3 aromatic heterocycles. The van der Waals surface area contributed by atoms with Crippen LogP contribution in [0, 0.1) is 36.4 Å². The zero-order chi connectivity index (χ0) is 27.5. The molecule has 1 saturated carbocycles. The quantitative estimate of drug-likeness (QED) is 0.239. The number of benzene rings is 1. The van der Waals surface area contributed by atoms with Gasteiger partial charge in [-0.05, 0) is 55.7 Å². The first kappa shape index (κ1) is 25.6. The zero-order valence-electron chi connectivity index (χ0n) is 21.1. The highest BCUT2D eigenvalue weighted by Gasteiger charge is 2.49. The molecule has 11 heteroatoms. The molecule has 0 saturated heterocycles. The van der Waals surface area contributed by atoms with Gasteiger partial charge in [0.2, 0.25) is 0 Å². The van der Waals surface area contributed by atoms with Crippen molar-refractivity contribution < 1.29 is 22.3 Å². The summed E-state index contributed by atoms with van der Waals surface area (Å²) in [5.41, 5.74) is 1.56. The molecule has 3 unspecified atom stereocenters. The number of fused-ring (bicyclic) bond motifs is 3. The average molecular weight is 567 g/mol. The first-order valence-corrected chi connectivity index (χ1v) is 14.3. The van der Waals surface area contributed by atoms with Crippen LogP contribution in [0.4, 0.5) is 4.39 Å². The number of pyridine rings is 1. The van der Waals surface area contributed by atoms with Crippen LogP contribution in [0.25, 0.3) is 22.4 Å². The zero-order valence-corrected chi connectivity index (χ0v) is 22.7. The van der Waals surface area contributed by atoms with Crippen LogP contribution in [0.1, 0.15) is 17.7 Å². The number of aryl methyl sites for hydroxylation is 1. The summed E-state index contributed by atoms with van der Waals surface area (Å²) in [6.07, 6.45) is 8.96. The SMILES string of the molecule is COC(=O)[C@H]1C2C=CC(C2)C1Cc1nc(-c2cn(S(=O)(=O)c3ccc(C)cc3)c3ncc(Cl)cc23)ncc1F. The van der Waals surface area contributed by atoms with E-state index >= 15 is 4.39 Å². The van der Waals surface area contributed by atoms with E-state index in [4.69, 9.17) is 16.3 Å². The van der Waals surface area contributed by atoms with Crippen LogP contribution in [0.3, 0.4) is 0 Å². The Morgan fingerprint density at radius 2 is 1.90 bits per heavy atom. The first-order valence-electron chi connectivity index (χ1n) is 12.4. The van der Waals surface area contributed by atoms with Gasteiger partial charge >= 0.3 is 5.97 Å². The molecule has 8 nitrogen and oxygen atoms in total. The van der Waals surface area contributed by atoms with E-state index in [-0.39, 0.29) is 58.1 Å². The predicted molar refractivity (Wildman–Crippen MR) is 143 cm³/mol. The molecule has 2 bridgehead atoms. The van der Waals surface area contributed by atoms with Gasteiger partial charge in [0, 0.05) is 23.3 Å². The van der Waals surface area contributed by atoms with Gasteiger partial charge in [0.1, 0.15) is 0 Å². The lowest BCUT2D eigenvalue weighted by atomic mass is 9.80. The molecule has 2 aliphatic rings. The Balaban J connectivity index is 1.44. The number of carbonyl (C=O) groups is 1. The molecule has 0 radical (unpaired) electrons. The number of rotatable bonds is 6. The summed E-state index contributed by atoms with van der Waals surface area (Å²) >= 11 is 6.23. The molecule has 4 atom stereocenters. The minimum Gasteiger partial charge on any atom is -0.469 e. The van der Waals surface area contributed by atoms with E-state index in [0.29, 0.717) is 16.0 Å². The standard InChI is InChI=1S/C28H24ClFN4O4S/c1-15-3-7-19(8-4-15)39(36,37)34-14-22(21-10-18(29)12-32-27(21)34)26-31-13-23(30)24(33-26)11-20-16-5-6-17(9-16)25(20)28(35)38-2/h3-8,10,12-14,16-17,20,25H,9,11H2,1-2H3/t16?,17?,20?,25-/m0/s1. The van der Waals surface area contributed by atoms with Gasteiger partial charge in [-0.1, -0.05) is 41.4 Å². The van der Waals surface area contributed by atoms with Crippen molar-refractivity contribution in [2.45, 2.75) is 24.7 Å². The lowest BCUT2D eigenvalue weighted by molar-refractivity contribution is -0.148. The van der Waals surface area contributed by atoms with E-state index in [1.807, 2.05) is 13.0 Å². The number of hydrogen-bond donors (Lipinski definition) is 0. The molecule has 0 spiro atoms. The summed E-state index contributed by atoms with van der Waals surface area (Å²) in [5.74, 6) is -1.11. The largest absolute Gasteiger partial charge is 0.469 e. The smallest absolute Gasteiger partial charge is 0.309 e. The van der Waals surface area contributed by atoms with E-state index in [0.717, 1.165) is 22.2 Å². The molecular weight excluding hydrogens is 543 g/mol. The summed E-state index contributed by atoms with van der Waals surface area (Å²) in [4.78, 5) is 25.6. The maximum atomic E-state index is 15.0. The molecule has 4 aromatic rings. The second-order valence-corrected chi connectivity index (χ2v) is 12.3. The van der Waals surface area contributed by atoms with Gasteiger partial charge in [-0.3, -0.25) is 4.79 Å². The number of halogens is 2. The van der Waals surface area contributed by atoms with E-state index < -0.39 is 15.8 Å². The van der Waals surface area contributed by atoms with Gasteiger partial charge in [0.05, 0.1) is 34.8 Å². The number of allylic oxidation sites excluding steroid dienone is 2. The van der Waals surface area contributed by atoms with Gasteiger partial charge in [0.15, 0.2) is 17.3 Å². The van der Waals surface area contributed by atoms with Gasteiger partial charge in [-0.25, -0.2) is 31.7 Å². The van der Waals surface area contributed by atoms with Gasteiger partial charge in [-0.2, -0.15) is 0 Å². The lowest BCUT2D eigenvalue weighted by Gasteiger charge is -2.25. The topological polar surface area (TPSA) is 104 Å².